The molecule has 0 saturated carbocycles. The van der Waals surface area contributed by atoms with Crippen LogP contribution in [0.1, 0.15) is 22.6 Å². The van der Waals surface area contributed by atoms with Gasteiger partial charge in [-0.1, -0.05) is 52.3 Å². The second-order valence-electron chi connectivity index (χ2n) is 11.4. The number of fused-ring (bicyclic) bond motifs is 2. The molecule has 4 heterocycles. The molecule has 0 fully saturated rings. The van der Waals surface area contributed by atoms with Crippen molar-refractivity contribution in [2.45, 2.75) is 25.8 Å². The molecule has 4 aromatic carbocycles. The number of nitrogens with zero attached hydrogens (tertiary/aromatic N) is 6. The number of hydrogen-bond acceptors (Lipinski definition) is 12. The van der Waals surface area contributed by atoms with Gasteiger partial charge in [0.05, 0.1) is 12.5 Å². The molecular formula is C38H31BrN6O8. The number of phenolic OH excluding ortho intramolecular Hbond substituents is 2. The molecule has 0 saturated heterocycles. The summed E-state index contributed by atoms with van der Waals surface area (Å²) < 4.78 is 15.5. The average molecular weight is 780 g/mol. The fourth-order valence-electron chi connectivity index (χ4n) is 4.90. The maximum Gasteiger partial charge on any atom is 0.227 e. The van der Waals surface area contributed by atoms with E-state index >= 15 is 0 Å². The number of hydrogen-bond donors (Lipinski definition) is 3. The summed E-state index contributed by atoms with van der Waals surface area (Å²) in [6.07, 6.45) is 2.58. The van der Waals surface area contributed by atoms with E-state index < -0.39 is 5.43 Å². The smallest absolute Gasteiger partial charge is 0.227 e. The van der Waals surface area contributed by atoms with Crippen molar-refractivity contribution >= 4 is 38.0 Å². The minimum absolute atomic E-state index is 0.0458. The van der Waals surface area contributed by atoms with Crippen LogP contribution in [0.4, 0.5) is 0 Å². The van der Waals surface area contributed by atoms with Crippen molar-refractivity contribution in [3.8, 4) is 34.4 Å². The Labute approximate surface area is 308 Å². The minimum Gasteiger partial charge on any atom is -0.506 e. The van der Waals surface area contributed by atoms with Crippen molar-refractivity contribution in [2.24, 2.45) is 0 Å². The van der Waals surface area contributed by atoms with E-state index in [9.17, 15) is 19.8 Å². The molecule has 0 aliphatic rings. The predicted molar refractivity (Wildman–Crippen MR) is 199 cm³/mol. The highest BCUT2D eigenvalue weighted by atomic mass is 79.9. The number of ether oxygens (including phenoxy) is 1. The normalized spacial score (nSPS) is 10.7. The molecule has 268 valence electrons. The standard InChI is InChI=1S/C19H15N3O4.C13H10BrN3O.C6H6O3/c1-12-19(18(24)8-9-25-12)26-11-13-6-7-17(23)16(10-13)22-20-14-4-2-3-5-15(14)21-22;14-8-9-5-6-13(18)12(7-9)17-15-10-3-1-2-4-11(10)16-17;1-4-6(8)5(7)2-3-9-4/h2-10,23H,11H2,1H3;1-7,18H,8H2;2-3,8H,1H3. The number of halogens is 1. The van der Waals surface area contributed by atoms with Gasteiger partial charge in [-0.3, -0.25) is 9.59 Å². The molecule has 0 aliphatic heterocycles. The van der Waals surface area contributed by atoms with E-state index in [-0.39, 0.29) is 40.8 Å². The van der Waals surface area contributed by atoms with E-state index in [0.29, 0.717) is 17.1 Å². The fourth-order valence-corrected chi connectivity index (χ4v) is 5.25. The number of alkyl halides is 1. The van der Waals surface area contributed by atoms with E-state index in [1.165, 1.54) is 41.2 Å². The molecule has 8 aromatic rings. The van der Waals surface area contributed by atoms with Gasteiger partial charge in [-0.05, 0) is 73.5 Å². The van der Waals surface area contributed by atoms with E-state index in [1.54, 1.807) is 31.2 Å². The van der Waals surface area contributed by atoms with Gasteiger partial charge in [0, 0.05) is 17.5 Å². The molecule has 0 spiro atoms. The zero-order valence-electron chi connectivity index (χ0n) is 28.3. The van der Waals surface area contributed by atoms with Gasteiger partial charge in [0.15, 0.2) is 0 Å². The number of aromatic hydroxyl groups is 3. The molecule has 0 radical (unpaired) electrons. The van der Waals surface area contributed by atoms with Crippen LogP contribution >= 0.6 is 15.9 Å². The second-order valence-corrected chi connectivity index (χ2v) is 11.9. The molecule has 0 amide bonds. The highest BCUT2D eigenvalue weighted by Gasteiger charge is 2.12. The Morgan fingerprint density at radius 1 is 0.623 bits per heavy atom. The van der Waals surface area contributed by atoms with Gasteiger partial charge < -0.3 is 28.9 Å². The summed E-state index contributed by atoms with van der Waals surface area (Å²) in [4.78, 5) is 25.2. The topological polar surface area (TPSA) is 192 Å². The van der Waals surface area contributed by atoms with Crippen LogP contribution in [-0.4, -0.2) is 45.3 Å². The number of phenols is 2. The van der Waals surface area contributed by atoms with Gasteiger partial charge in [0.25, 0.3) is 0 Å². The summed E-state index contributed by atoms with van der Waals surface area (Å²) in [6.45, 7) is 3.33. The highest BCUT2D eigenvalue weighted by molar-refractivity contribution is 9.08. The van der Waals surface area contributed by atoms with Crippen molar-refractivity contribution in [2.75, 3.05) is 0 Å². The minimum atomic E-state index is -0.404. The zero-order chi connectivity index (χ0) is 37.5. The molecule has 15 heteroatoms. The Balaban J connectivity index is 0.000000153. The first-order chi connectivity index (χ1) is 25.6. The maximum absolute atomic E-state index is 11.9. The van der Waals surface area contributed by atoms with Gasteiger partial charge in [-0.25, -0.2) is 0 Å². The first-order valence-corrected chi connectivity index (χ1v) is 17.1. The first kappa shape index (κ1) is 36.1. The molecule has 0 atom stereocenters. The summed E-state index contributed by atoms with van der Waals surface area (Å²) in [7, 11) is 0. The third-order valence-electron chi connectivity index (χ3n) is 7.66. The Kier molecular flexibility index (Phi) is 10.9. The average Bonchev–Trinajstić information content (AvgIpc) is 3.80. The van der Waals surface area contributed by atoms with E-state index in [2.05, 4.69) is 40.7 Å². The fraction of sp³-hybridized carbons (Fsp3) is 0.105. The molecule has 14 nitrogen and oxygen atoms in total. The highest BCUT2D eigenvalue weighted by Crippen LogP contribution is 2.25. The molecule has 4 aromatic heterocycles. The van der Waals surface area contributed by atoms with Crippen LogP contribution in [0.3, 0.4) is 0 Å². The summed E-state index contributed by atoms with van der Waals surface area (Å²) in [5, 5.41) is 47.0. The van der Waals surface area contributed by atoms with Crippen molar-refractivity contribution in [1.29, 1.82) is 0 Å². The lowest BCUT2D eigenvalue weighted by atomic mass is 10.2. The largest absolute Gasteiger partial charge is 0.506 e. The SMILES string of the molecule is Cc1occc(=O)c1O.Cc1occc(=O)c1OCc1ccc(O)c(-n2nc3ccccc3n2)c1.Oc1ccc(CBr)cc1-n1nc2ccccc2n1. The molecule has 3 N–H and O–H groups in total. The van der Waals surface area contributed by atoms with Gasteiger partial charge in [0.2, 0.25) is 22.4 Å². The van der Waals surface area contributed by atoms with Crippen molar-refractivity contribution in [3.63, 3.8) is 0 Å². The lowest BCUT2D eigenvalue weighted by Crippen LogP contribution is -2.08. The molecular weight excluding hydrogens is 748 g/mol. The number of rotatable bonds is 6. The number of aromatic nitrogens is 6. The predicted octanol–water partition coefficient (Wildman–Crippen LogP) is 6.64. The lowest BCUT2D eigenvalue weighted by molar-refractivity contribution is 0.286. The third kappa shape index (κ3) is 8.43. The van der Waals surface area contributed by atoms with Gasteiger partial charge in [0.1, 0.15) is 63.1 Å². The zero-order valence-corrected chi connectivity index (χ0v) is 29.8. The molecule has 0 aliphatic carbocycles. The van der Waals surface area contributed by atoms with Crippen molar-refractivity contribution in [1.82, 2.24) is 30.0 Å². The van der Waals surface area contributed by atoms with Gasteiger partial charge in [-0.15, -0.1) is 30.0 Å². The van der Waals surface area contributed by atoms with Gasteiger partial charge >= 0.3 is 0 Å². The molecule has 53 heavy (non-hydrogen) atoms. The molecule has 0 bridgehead atoms. The van der Waals surface area contributed by atoms with Crippen LogP contribution in [0, 0.1) is 13.8 Å². The van der Waals surface area contributed by atoms with Crippen LogP contribution < -0.4 is 15.6 Å². The Morgan fingerprint density at radius 2 is 1.08 bits per heavy atom. The van der Waals surface area contributed by atoms with Gasteiger partial charge in [-0.2, -0.15) is 0 Å². The maximum atomic E-state index is 11.9. The van der Waals surface area contributed by atoms with Crippen LogP contribution in [-0.2, 0) is 11.9 Å². The summed E-state index contributed by atoms with van der Waals surface area (Å²) in [5.41, 5.74) is 5.25. The first-order valence-electron chi connectivity index (χ1n) is 15.9. The number of aryl methyl sites for hydroxylation is 2. The quantitative estimate of drug-likeness (QED) is 0.153. The van der Waals surface area contributed by atoms with E-state index in [4.69, 9.17) is 14.3 Å². The van der Waals surface area contributed by atoms with E-state index in [1.807, 2.05) is 60.7 Å². The lowest BCUT2D eigenvalue weighted by Gasteiger charge is -2.09. The second kappa shape index (κ2) is 16.1. The van der Waals surface area contributed by atoms with Crippen LogP contribution in [0.25, 0.3) is 33.4 Å². The summed E-state index contributed by atoms with van der Waals surface area (Å²) in [6, 6.07) is 27.9. The third-order valence-corrected chi connectivity index (χ3v) is 8.31. The van der Waals surface area contributed by atoms with Crippen molar-refractivity contribution < 1.29 is 28.9 Å². The summed E-state index contributed by atoms with van der Waals surface area (Å²) in [5.74, 6) is 0.742. The van der Waals surface area contributed by atoms with Crippen LogP contribution in [0.2, 0.25) is 0 Å². The number of benzene rings is 4. The molecule has 8 rings (SSSR count). The van der Waals surface area contributed by atoms with Crippen LogP contribution in [0.15, 0.2) is 128 Å². The Hall–Kier alpha value is -6.74. The molecule has 0 unspecified atom stereocenters. The van der Waals surface area contributed by atoms with Crippen molar-refractivity contribution in [3.05, 3.63) is 153 Å². The Bertz CT molecular complexity index is 2580. The van der Waals surface area contributed by atoms with Crippen LogP contribution in [0.5, 0.6) is 23.0 Å². The monoisotopic (exact) mass is 778 g/mol. The Morgan fingerprint density at radius 3 is 1.53 bits per heavy atom. The summed E-state index contributed by atoms with van der Waals surface area (Å²) >= 11 is 3.39. The van der Waals surface area contributed by atoms with E-state index in [0.717, 1.165) is 38.5 Å².